The van der Waals surface area contributed by atoms with Gasteiger partial charge in [-0.1, -0.05) is 29.3 Å². The van der Waals surface area contributed by atoms with Gasteiger partial charge in [0.25, 0.3) is 0 Å². The molecule has 0 aliphatic heterocycles. The summed E-state index contributed by atoms with van der Waals surface area (Å²) in [6.45, 7) is 0.144. The van der Waals surface area contributed by atoms with Crippen LogP contribution in [0.5, 0.6) is 5.75 Å². The second kappa shape index (κ2) is 6.47. The Bertz CT molecular complexity index is 1300. The molecule has 140 valence electrons. The Balaban J connectivity index is 1.43. The number of rotatable bonds is 4. The lowest BCUT2D eigenvalue weighted by Gasteiger charge is -2.09. The van der Waals surface area contributed by atoms with Crippen molar-refractivity contribution in [3.63, 3.8) is 0 Å². The van der Waals surface area contributed by atoms with Crippen molar-refractivity contribution >= 4 is 39.9 Å². The number of fused-ring (bicyclic) bond motifs is 3. The molecule has 9 nitrogen and oxygen atoms in total. The quantitative estimate of drug-likeness (QED) is 0.448. The van der Waals surface area contributed by atoms with Crippen LogP contribution in [0, 0.1) is 0 Å². The van der Waals surface area contributed by atoms with E-state index in [4.69, 9.17) is 27.9 Å². The van der Waals surface area contributed by atoms with Crippen molar-refractivity contribution in [1.82, 2.24) is 39.1 Å². The fourth-order valence-corrected chi connectivity index (χ4v) is 3.36. The maximum atomic E-state index is 6.12. The van der Waals surface area contributed by atoms with Crippen LogP contribution in [0.4, 0.5) is 0 Å². The van der Waals surface area contributed by atoms with E-state index in [1.165, 1.54) is 0 Å². The van der Waals surface area contributed by atoms with Gasteiger partial charge < -0.3 is 4.74 Å². The first-order chi connectivity index (χ1) is 13.6. The Labute approximate surface area is 168 Å². The first-order valence-corrected chi connectivity index (χ1v) is 8.99. The van der Waals surface area contributed by atoms with Crippen molar-refractivity contribution in [1.29, 1.82) is 0 Å². The van der Waals surface area contributed by atoms with Crippen molar-refractivity contribution < 1.29 is 4.74 Å². The highest BCUT2D eigenvalue weighted by Gasteiger charge is 2.14. The molecule has 0 amide bonds. The van der Waals surface area contributed by atoms with Crippen molar-refractivity contribution in [2.75, 3.05) is 0 Å². The molecule has 0 N–H and O–H groups in total. The van der Waals surface area contributed by atoms with Gasteiger partial charge in [-0.3, -0.25) is 4.68 Å². The fourth-order valence-electron chi connectivity index (χ4n) is 2.85. The van der Waals surface area contributed by atoms with Gasteiger partial charge in [0, 0.05) is 13.2 Å². The number of aromatic nitrogens is 8. The highest BCUT2D eigenvalue weighted by Crippen LogP contribution is 2.32. The molecule has 0 unspecified atom stereocenters. The zero-order chi connectivity index (χ0) is 19.3. The number of para-hydroxylation sites is 1. The van der Waals surface area contributed by atoms with Gasteiger partial charge >= 0.3 is 0 Å². The smallest absolute Gasteiger partial charge is 0.202 e. The molecule has 0 fully saturated rings. The SMILES string of the molecule is Cn1ncc2c1ncn1nc(-c3ccn(COc4c(Cl)cccc4Cl)n3)nc21. The van der Waals surface area contributed by atoms with Crippen LogP contribution in [0.1, 0.15) is 0 Å². The standard InChI is InChI=1S/C17H12Cl2N8O/c1-25-16-10(7-21-25)17-22-15(24-27(17)8-20-16)13-5-6-26(23-13)9-28-14-11(18)3-2-4-12(14)19/h2-8H,9H2,1H3. The summed E-state index contributed by atoms with van der Waals surface area (Å²) in [6.07, 6.45) is 5.09. The second-order valence-corrected chi connectivity index (χ2v) is 6.83. The van der Waals surface area contributed by atoms with E-state index in [0.29, 0.717) is 33.0 Å². The normalized spacial score (nSPS) is 11.5. The number of benzene rings is 1. The van der Waals surface area contributed by atoms with Crippen LogP contribution >= 0.6 is 23.2 Å². The lowest BCUT2D eigenvalue weighted by Crippen LogP contribution is -2.06. The Morgan fingerprint density at radius 2 is 1.89 bits per heavy atom. The largest absolute Gasteiger partial charge is 0.468 e. The number of nitrogens with zero attached hydrogens (tertiary/aromatic N) is 8. The highest BCUT2D eigenvalue weighted by molar-refractivity contribution is 6.37. The van der Waals surface area contributed by atoms with Crippen LogP contribution in [-0.2, 0) is 13.8 Å². The van der Waals surface area contributed by atoms with E-state index in [1.54, 1.807) is 56.9 Å². The van der Waals surface area contributed by atoms with E-state index >= 15 is 0 Å². The second-order valence-electron chi connectivity index (χ2n) is 6.02. The Morgan fingerprint density at radius 1 is 1.07 bits per heavy atom. The molecule has 28 heavy (non-hydrogen) atoms. The summed E-state index contributed by atoms with van der Waals surface area (Å²) < 4.78 is 10.6. The maximum absolute atomic E-state index is 6.12. The van der Waals surface area contributed by atoms with Crippen LogP contribution in [-0.4, -0.2) is 39.1 Å². The summed E-state index contributed by atoms with van der Waals surface area (Å²) in [5.41, 5.74) is 2.01. The third-order valence-corrected chi connectivity index (χ3v) is 4.79. The molecule has 5 rings (SSSR count). The zero-order valence-corrected chi connectivity index (χ0v) is 16.0. The van der Waals surface area contributed by atoms with E-state index < -0.39 is 0 Å². The van der Waals surface area contributed by atoms with E-state index in [9.17, 15) is 0 Å². The van der Waals surface area contributed by atoms with Crippen molar-refractivity contribution in [2.45, 2.75) is 6.73 Å². The molecule has 0 saturated carbocycles. The molecule has 0 saturated heterocycles. The predicted octanol–water partition coefficient (Wildman–Crippen LogP) is 3.22. The summed E-state index contributed by atoms with van der Waals surface area (Å²) in [5, 5.41) is 14.8. The van der Waals surface area contributed by atoms with Crippen LogP contribution in [0.2, 0.25) is 10.0 Å². The van der Waals surface area contributed by atoms with Crippen LogP contribution in [0.15, 0.2) is 43.0 Å². The molecule has 0 aliphatic rings. The molecule has 11 heteroatoms. The lowest BCUT2D eigenvalue weighted by molar-refractivity contribution is 0.221. The van der Waals surface area contributed by atoms with Crippen LogP contribution < -0.4 is 4.74 Å². The minimum Gasteiger partial charge on any atom is -0.468 e. The molecule has 0 atom stereocenters. The molecular formula is C17H12Cl2N8O. The molecule has 1 aromatic carbocycles. The van der Waals surface area contributed by atoms with Gasteiger partial charge in [0.15, 0.2) is 23.8 Å². The molecule has 0 radical (unpaired) electrons. The summed E-state index contributed by atoms with van der Waals surface area (Å²) >= 11 is 12.2. The Morgan fingerprint density at radius 3 is 2.71 bits per heavy atom. The fraction of sp³-hybridized carbons (Fsp3) is 0.118. The van der Waals surface area contributed by atoms with Crippen molar-refractivity contribution in [3.05, 3.63) is 53.0 Å². The first-order valence-electron chi connectivity index (χ1n) is 8.24. The van der Waals surface area contributed by atoms with E-state index in [2.05, 4.69) is 25.3 Å². The average molecular weight is 415 g/mol. The molecule has 0 bridgehead atoms. The minimum absolute atomic E-state index is 0.144. The van der Waals surface area contributed by atoms with Gasteiger partial charge in [0.05, 0.1) is 21.6 Å². The third-order valence-electron chi connectivity index (χ3n) is 4.20. The minimum atomic E-state index is 0.144. The van der Waals surface area contributed by atoms with Gasteiger partial charge in [-0.15, -0.1) is 5.10 Å². The van der Waals surface area contributed by atoms with Gasteiger partial charge in [0.1, 0.15) is 12.0 Å². The van der Waals surface area contributed by atoms with Gasteiger partial charge in [0.2, 0.25) is 5.82 Å². The molecule has 5 aromatic rings. The molecule has 4 heterocycles. The maximum Gasteiger partial charge on any atom is 0.202 e. The van der Waals surface area contributed by atoms with Crippen LogP contribution in [0.25, 0.3) is 28.2 Å². The number of aryl methyl sites for hydroxylation is 1. The highest BCUT2D eigenvalue weighted by atomic mass is 35.5. The Hall–Kier alpha value is -3.17. The topological polar surface area (TPSA) is 88.0 Å². The zero-order valence-electron chi connectivity index (χ0n) is 14.5. The van der Waals surface area contributed by atoms with Crippen molar-refractivity contribution in [2.24, 2.45) is 7.05 Å². The van der Waals surface area contributed by atoms with Crippen molar-refractivity contribution in [3.8, 4) is 17.3 Å². The van der Waals surface area contributed by atoms with Gasteiger partial charge in [-0.2, -0.15) is 10.2 Å². The van der Waals surface area contributed by atoms with Gasteiger partial charge in [-0.25, -0.2) is 19.2 Å². The number of halogens is 2. The predicted molar refractivity (Wildman–Crippen MR) is 103 cm³/mol. The third kappa shape index (κ3) is 2.76. The average Bonchev–Trinajstić information content (AvgIpc) is 3.39. The number of hydrogen-bond acceptors (Lipinski definition) is 6. The number of hydrogen-bond donors (Lipinski definition) is 0. The Kier molecular flexibility index (Phi) is 3.92. The van der Waals surface area contributed by atoms with E-state index in [0.717, 1.165) is 11.0 Å². The van der Waals surface area contributed by atoms with Crippen LogP contribution in [0.3, 0.4) is 0 Å². The summed E-state index contributed by atoms with van der Waals surface area (Å²) in [4.78, 5) is 8.93. The number of ether oxygens (including phenoxy) is 1. The summed E-state index contributed by atoms with van der Waals surface area (Å²) in [7, 11) is 1.83. The lowest BCUT2D eigenvalue weighted by atomic mass is 10.3. The summed E-state index contributed by atoms with van der Waals surface area (Å²) in [5.74, 6) is 0.895. The molecule has 0 spiro atoms. The van der Waals surface area contributed by atoms with Gasteiger partial charge in [-0.05, 0) is 18.2 Å². The molecule has 4 aromatic heterocycles. The van der Waals surface area contributed by atoms with E-state index in [1.807, 2.05) is 7.05 Å². The summed E-state index contributed by atoms with van der Waals surface area (Å²) in [6, 6.07) is 6.99. The molecule has 0 aliphatic carbocycles. The van der Waals surface area contributed by atoms with E-state index in [-0.39, 0.29) is 6.73 Å². The monoisotopic (exact) mass is 414 g/mol. The molecular weight excluding hydrogens is 403 g/mol. The first kappa shape index (κ1) is 17.0.